The van der Waals surface area contributed by atoms with Gasteiger partial charge in [0.05, 0.1) is 11.7 Å². The van der Waals surface area contributed by atoms with E-state index in [0.29, 0.717) is 22.8 Å². The number of aryl methyl sites for hydroxylation is 1. The number of benzene rings is 1. The molecule has 2 N–H and O–H groups in total. The maximum atomic E-state index is 12.1. The normalized spacial score (nSPS) is 15.0. The summed E-state index contributed by atoms with van der Waals surface area (Å²) in [4.78, 5) is 25.6. The minimum absolute atomic E-state index is 0.0108. The van der Waals surface area contributed by atoms with Gasteiger partial charge >= 0.3 is 0 Å². The summed E-state index contributed by atoms with van der Waals surface area (Å²) in [5.74, 6) is 1.06. The van der Waals surface area contributed by atoms with Crippen LogP contribution < -0.4 is 5.32 Å². The average molecular weight is 388 g/mol. The predicted molar refractivity (Wildman–Crippen MR) is 109 cm³/mol. The second-order valence-corrected chi connectivity index (χ2v) is 7.56. The molecule has 3 heterocycles. The number of oxazole rings is 1. The van der Waals surface area contributed by atoms with Gasteiger partial charge in [-0.3, -0.25) is 9.78 Å². The summed E-state index contributed by atoms with van der Waals surface area (Å²) in [6.45, 7) is 3.63. The zero-order chi connectivity index (χ0) is 20.1. The number of carbonyl (C=O) groups excluding carboxylic acids is 1. The van der Waals surface area contributed by atoms with Crippen LogP contribution in [-0.2, 0) is 4.79 Å². The highest BCUT2D eigenvalue weighted by molar-refractivity contribution is 6.00. The third-order valence-corrected chi connectivity index (χ3v) is 5.30. The maximum Gasteiger partial charge on any atom is 0.229 e. The Kier molecular flexibility index (Phi) is 4.06. The number of aromatic nitrogens is 3. The minimum atomic E-state index is -0.579. The first-order valence-electron chi connectivity index (χ1n) is 9.65. The Labute approximate surface area is 166 Å². The summed E-state index contributed by atoms with van der Waals surface area (Å²) < 4.78 is 5.97. The van der Waals surface area contributed by atoms with Gasteiger partial charge in [-0.15, -0.1) is 0 Å². The summed E-state index contributed by atoms with van der Waals surface area (Å²) in [5.41, 5.74) is 3.64. The molecule has 5 rings (SSSR count). The molecule has 1 unspecified atom stereocenters. The molecule has 1 saturated carbocycles. The number of nitrogens with zero attached hydrogens (tertiary/aromatic N) is 3. The van der Waals surface area contributed by atoms with Crippen LogP contribution in [0.15, 0.2) is 41.1 Å². The molecule has 146 valence electrons. The van der Waals surface area contributed by atoms with Gasteiger partial charge in [0.15, 0.2) is 5.58 Å². The van der Waals surface area contributed by atoms with Gasteiger partial charge in [0.2, 0.25) is 11.8 Å². The molecule has 1 aromatic carbocycles. The van der Waals surface area contributed by atoms with Crippen LogP contribution in [0.3, 0.4) is 0 Å². The summed E-state index contributed by atoms with van der Waals surface area (Å²) in [6, 6.07) is 7.29. The van der Waals surface area contributed by atoms with Crippen LogP contribution >= 0.6 is 0 Å². The Morgan fingerprint density at radius 3 is 2.79 bits per heavy atom. The van der Waals surface area contributed by atoms with Crippen molar-refractivity contribution in [2.24, 2.45) is 5.92 Å². The fourth-order valence-electron chi connectivity index (χ4n) is 3.40. The SMILES string of the molecule is Cc1ncc(-c2nc3cc(C(C)O)ccc3o2)c2cc(NC(=O)C3CC3)ncc12. The number of rotatable bonds is 4. The highest BCUT2D eigenvalue weighted by atomic mass is 16.3. The standard InChI is InChI=1S/C22H20N4O3/c1-11-16-9-24-20(26-21(28)13-3-4-13)8-15(16)17(10-23-11)22-25-18-7-14(12(2)27)5-6-19(18)29-22/h5-10,12-13,27H,3-4H2,1-2H3,(H,24,26,28). The number of pyridine rings is 2. The van der Waals surface area contributed by atoms with E-state index in [1.54, 1.807) is 25.4 Å². The monoisotopic (exact) mass is 388 g/mol. The molecule has 3 aromatic heterocycles. The molecule has 1 amide bonds. The molecular formula is C22H20N4O3. The third-order valence-electron chi connectivity index (χ3n) is 5.30. The zero-order valence-electron chi connectivity index (χ0n) is 16.1. The Morgan fingerprint density at radius 1 is 1.21 bits per heavy atom. The highest BCUT2D eigenvalue weighted by Gasteiger charge is 2.30. The van der Waals surface area contributed by atoms with Crippen LogP contribution in [0.2, 0.25) is 0 Å². The van der Waals surface area contributed by atoms with Gasteiger partial charge in [-0.2, -0.15) is 0 Å². The number of hydrogen-bond acceptors (Lipinski definition) is 6. The third kappa shape index (κ3) is 3.23. The van der Waals surface area contributed by atoms with Gasteiger partial charge in [-0.1, -0.05) is 6.07 Å². The van der Waals surface area contributed by atoms with Crippen molar-refractivity contribution >= 4 is 33.6 Å². The Morgan fingerprint density at radius 2 is 2.03 bits per heavy atom. The van der Waals surface area contributed by atoms with Crippen LogP contribution in [-0.4, -0.2) is 26.0 Å². The molecular weight excluding hydrogens is 368 g/mol. The summed E-state index contributed by atoms with van der Waals surface area (Å²) in [7, 11) is 0. The summed E-state index contributed by atoms with van der Waals surface area (Å²) >= 11 is 0. The number of hydrogen-bond donors (Lipinski definition) is 2. The molecule has 1 aliphatic rings. The maximum absolute atomic E-state index is 12.1. The lowest BCUT2D eigenvalue weighted by Gasteiger charge is -2.08. The lowest BCUT2D eigenvalue weighted by molar-refractivity contribution is -0.117. The van der Waals surface area contributed by atoms with Crippen molar-refractivity contribution < 1.29 is 14.3 Å². The lowest BCUT2D eigenvalue weighted by atomic mass is 10.1. The van der Waals surface area contributed by atoms with E-state index >= 15 is 0 Å². The number of anilines is 1. The summed E-state index contributed by atoms with van der Waals surface area (Å²) in [5, 5.41) is 14.4. The molecule has 0 saturated heterocycles. The quantitative estimate of drug-likeness (QED) is 0.545. The number of aliphatic hydroxyl groups is 1. The molecule has 7 heteroatoms. The Bertz CT molecular complexity index is 1260. The van der Waals surface area contributed by atoms with Crippen molar-refractivity contribution in [2.75, 3.05) is 5.32 Å². The van der Waals surface area contributed by atoms with Crippen LogP contribution in [0, 0.1) is 12.8 Å². The Hall–Kier alpha value is -3.32. The molecule has 0 radical (unpaired) electrons. The predicted octanol–water partition coefficient (Wildman–Crippen LogP) is 4.15. The van der Waals surface area contributed by atoms with E-state index in [9.17, 15) is 9.90 Å². The Balaban J connectivity index is 1.62. The molecule has 4 aromatic rings. The summed E-state index contributed by atoms with van der Waals surface area (Å²) in [6.07, 6.45) is 4.74. The van der Waals surface area contributed by atoms with Gasteiger partial charge in [0.1, 0.15) is 11.3 Å². The fourth-order valence-corrected chi connectivity index (χ4v) is 3.40. The lowest BCUT2D eigenvalue weighted by Crippen LogP contribution is -2.14. The molecule has 29 heavy (non-hydrogen) atoms. The largest absolute Gasteiger partial charge is 0.436 e. The molecule has 1 fully saturated rings. The van der Waals surface area contributed by atoms with Crippen molar-refractivity contribution in [2.45, 2.75) is 32.8 Å². The van der Waals surface area contributed by atoms with Gasteiger partial charge in [-0.05, 0) is 50.5 Å². The second-order valence-electron chi connectivity index (χ2n) is 7.56. The topological polar surface area (TPSA) is 101 Å². The smallest absolute Gasteiger partial charge is 0.229 e. The van der Waals surface area contributed by atoms with Crippen molar-refractivity contribution in [3.63, 3.8) is 0 Å². The van der Waals surface area contributed by atoms with Crippen molar-refractivity contribution in [3.8, 4) is 11.5 Å². The van der Waals surface area contributed by atoms with Crippen LogP contribution in [0.25, 0.3) is 33.3 Å². The first-order valence-corrected chi connectivity index (χ1v) is 9.65. The molecule has 0 bridgehead atoms. The fraction of sp³-hybridized carbons (Fsp3) is 0.273. The van der Waals surface area contributed by atoms with Crippen molar-refractivity contribution in [1.82, 2.24) is 15.0 Å². The van der Waals surface area contributed by atoms with Crippen LogP contribution in [0.5, 0.6) is 0 Å². The van der Waals surface area contributed by atoms with E-state index in [4.69, 9.17) is 4.42 Å². The first kappa shape index (κ1) is 17.8. The van der Waals surface area contributed by atoms with E-state index in [2.05, 4.69) is 20.3 Å². The number of aliphatic hydroxyl groups excluding tert-OH is 1. The van der Waals surface area contributed by atoms with Gasteiger partial charge in [-0.25, -0.2) is 9.97 Å². The van der Waals surface area contributed by atoms with E-state index < -0.39 is 6.10 Å². The zero-order valence-corrected chi connectivity index (χ0v) is 16.1. The van der Waals surface area contributed by atoms with E-state index in [-0.39, 0.29) is 11.8 Å². The van der Waals surface area contributed by atoms with Crippen LogP contribution in [0.1, 0.15) is 37.1 Å². The van der Waals surface area contributed by atoms with E-state index in [1.807, 2.05) is 25.1 Å². The van der Waals surface area contributed by atoms with Crippen molar-refractivity contribution in [3.05, 3.63) is 47.9 Å². The van der Waals surface area contributed by atoms with E-state index in [0.717, 1.165) is 40.4 Å². The van der Waals surface area contributed by atoms with Crippen molar-refractivity contribution in [1.29, 1.82) is 0 Å². The number of carbonyl (C=O) groups is 1. The second kappa shape index (κ2) is 6.63. The molecule has 1 atom stereocenters. The average Bonchev–Trinajstić information content (AvgIpc) is 3.47. The molecule has 0 aliphatic heterocycles. The van der Waals surface area contributed by atoms with Gasteiger partial charge in [0, 0.05) is 34.8 Å². The molecule has 7 nitrogen and oxygen atoms in total. The molecule has 1 aliphatic carbocycles. The van der Waals surface area contributed by atoms with E-state index in [1.165, 1.54) is 0 Å². The number of nitrogens with one attached hydrogen (secondary N) is 1. The van der Waals surface area contributed by atoms with Gasteiger partial charge in [0.25, 0.3) is 0 Å². The molecule has 0 spiro atoms. The highest BCUT2D eigenvalue weighted by Crippen LogP contribution is 2.34. The minimum Gasteiger partial charge on any atom is -0.436 e. The van der Waals surface area contributed by atoms with Gasteiger partial charge < -0.3 is 14.8 Å². The number of fused-ring (bicyclic) bond motifs is 2. The number of amides is 1. The van der Waals surface area contributed by atoms with Crippen LogP contribution in [0.4, 0.5) is 5.82 Å². The first-order chi connectivity index (χ1) is 14.0.